The molecule has 1 aliphatic heterocycles. The summed E-state index contributed by atoms with van der Waals surface area (Å²) in [7, 11) is 0. The molecule has 4 rings (SSSR count). The summed E-state index contributed by atoms with van der Waals surface area (Å²) in [4.78, 5) is 31.5. The number of para-hydroxylation sites is 1. The average molecular weight is 376 g/mol. The summed E-state index contributed by atoms with van der Waals surface area (Å²) in [5, 5.41) is 4.11. The molecule has 1 aromatic heterocycles. The zero-order valence-electron chi connectivity index (χ0n) is 15.9. The van der Waals surface area contributed by atoms with Crippen LogP contribution < -0.4 is 10.2 Å². The number of rotatable bonds is 6. The Morgan fingerprint density at radius 3 is 2.71 bits per heavy atom. The highest BCUT2D eigenvalue weighted by molar-refractivity contribution is 5.96. The van der Waals surface area contributed by atoms with E-state index >= 15 is 0 Å². The third-order valence-corrected chi connectivity index (χ3v) is 5.17. The Morgan fingerprint density at radius 2 is 1.89 bits per heavy atom. The van der Waals surface area contributed by atoms with Gasteiger partial charge in [-0.2, -0.15) is 0 Å². The molecule has 144 valence electrons. The van der Waals surface area contributed by atoms with Gasteiger partial charge in [0, 0.05) is 42.4 Å². The number of amides is 3. The number of hydrogen-bond donors (Lipinski definition) is 2. The first-order valence-corrected chi connectivity index (χ1v) is 9.56. The maximum absolute atomic E-state index is 12.6. The van der Waals surface area contributed by atoms with Crippen LogP contribution in [-0.4, -0.2) is 48.0 Å². The minimum atomic E-state index is -0.126. The van der Waals surface area contributed by atoms with Gasteiger partial charge >= 0.3 is 6.03 Å². The summed E-state index contributed by atoms with van der Waals surface area (Å²) in [6.45, 7) is 3.81. The van der Waals surface area contributed by atoms with Crippen LogP contribution in [0.3, 0.4) is 0 Å². The molecule has 6 nitrogen and oxygen atoms in total. The van der Waals surface area contributed by atoms with E-state index in [0.717, 1.165) is 23.2 Å². The van der Waals surface area contributed by atoms with Crippen LogP contribution in [0.1, 0.15) is 11.1 Å². The number of anilines is 1. The van der Waals surface area contributed by atoms with Crippen LogP contribution in [-0.2, 0) is 11.2 Å². The van der Waals surface area contributed by atoms with Gasteiger partial charge in [-0.15, -0.1) is 0 Å². The maximum atomic E-state index is 12.6. The monoisotopic (exact) mass is 376 g/mol. The summed E-state index contributed by atoms with van der Waals surface area (Å²) in [5.74, 6) is -0.126. The van der Waals surface area contributed by atoms with Gasteiger partial charge < -0.3 is 15.2 Å². The number of aryl methyl sites for hydroxylation is 1. The lowest BCUT2D eigenvalue weighted by molar-refractivity contribution is -0.121. The Labute approximate surface area is 164 Å². The minimum Gasteiger partial charge on any atom is -0.361 e. The van der Waals surface area contributed by atoms with Crippen LogP contribution in [0.25, 0.3) is 10.9 Å². The highest BCUT2D eigenvalue weighted by atomic mass is 16.2. The molecule has 2 heterocycles. The number of carbonyl (C=O) groups excluding carboxylic acids is 2. The Hall–Kier alpha value is -3.28. The van der Waals surface area contributed by atoms with Gasteiger partial charge in [0.15, 0.2) is 0 Å². The molecule has 1 aliphatic rings. The van der Waals surface area contributed by atoms with Gasteiger partial charge in [-0.05, 0) is 37.1 Å². The van der Waals surface area contributed by atoms with Crippen molar-refractivity contribution in [2.24, 2.45) is 0 Å². The Balaban J connectivity index is 1.28. The number of urea groups is 1. The zero-order chi connectivity index (χ0) is 19.5. The number of benzene rings is 2. The molecule has 0 atom stereocenters. The second kappa shape index (κ2) is 7.76. The first kappa shape index (κ1) is 18.1. The van der Waals surface area contributed by atoms with Crippen molar-refractivity contribution in [1.82, 2.24) is 15.2 Å². The predicted molar refractivity (Wildman–Crippen MR) is 111 cm³/mol. The van der Waals surface area contributed by atoms with E-state index in [1.54, 1.807) is 9.80 Å². The Kier molecular flexibility index (Phi) is 5.02. The Morgan fingerprint density at radius 1 is 1.11 bits per heavy atom. The third kappa shape index (κ3) is 3.71. The number of hydrogen-bond acceptors (Lipinski definition) is 2. The lowest BCUT2D eigenvalue weighted by Crippen LogP contribution is -2.40. The van der Waals surface area contributed by atoms with Gasteiger partial charge in [0.1, 0.15) is 6.54 Å². The predicted octanol–water partition coefficient (Wildman–Crippen LogP) is 3.08. The average Bonchev–Trinajstić information content (AvgIpc) is 3.27. The van der Waals surface area contributed by atoms with Crippen molar-refractivity contribution in [3.63, 3.8) is 0 Å². The van der Waals surface area contributed by atoms with Crippen molar-refractivity contribution in [1.29, 1.82) is 0 Å². The van der Waals surface area contributed by atoms with Crippen molar-refractivity contribution in [3.8, 4) is 0 Å². The van der Waals surface area contributed by atoms with Gasteiger partial charge in [0.05, 0.1) is 0 Å². The third-order valence-electron chi connectivity index (χ3n) is 5.17. The number of aromatic nitrogens is 1. The van der Waals surface area contributed by atoms with Crippen molar-refractivity contribution in [3.05, 3.63) is 65.9 Å². The molecule has 0 bridgehead atoms. The molecule has 1 fully saturated rings. The molecule has 1 saturated heterocycles. The highest BCUT2D eigenvalue weighted by Gasteiger charge is 2.30. The van der Waals surface area contributed by atoms with Crippen molar-refractivity contribution >= 4 is 28.5 Å². The normalized spacial score (nSPS) is 14.1. The molecule has 3 aromatic rings. The number of aromatic amines is 1. The summed E-state index contributed by atoms with van der Waals surface area (Å²) in [5.41, 5.74) is 4.31. The molecule has 0 aliphatic carbocycles. The van der Waals surface area contributed by atoms with Gasteiger partial charge in [0.25, 0.3) is 0 Å². The number of nitrogens with one attached hydrogen (secondary N) is 2. The van der Waals surface area contributed by atoms with Crippen molar-refractivity contribution in [2.75, 3.05) is 31.1 Å². The second-order valence-corrected chi connectivity index (χ2v) is 7.15. The van der Waals surface area contributed by atoms with Crippen molar-refractivity contribution < 1.29 is 9.59 Å². The summed E-state index contributed by atoms with van der Waals surface area (Å²) in [6, 6.07) is 15.9. The molecular weight excluding hydrogens is 352 g/mol. The molecule has 0 spiro atoms. The van der Waals surface area contributed by atoms with E-state index in [-0.39, 0.29) is 18.5 Å². The minimum absolute atomic E-state index is 0.0923. The number of H-pyrrole nitrogens is 1. The SMILES string of the molecule is Cc1ccc(N2CCN(CC(=O)NCCc3c[nH]c4ccccc34)C2=O)cc1. The molecular formula is C22H24N4O2. The number of fused-ring (bicyclic) bond motifs is 1. The zero-order valence-corrected chi connectivity index (χ0v) is 15.9. The van der Waals surface area contributed by atoms with Crippen LogP contribution in [0.5, 0.6) is 0 Å². The fourth-order valence-corrected chi connectivity index (χ4v) is 3.60. The number of carbonyl (C=O) groups is 2. The molecule has 0 saturated carbocycles. The summed E-state index contributed by atoms with van der Waals surface area (Å²) >= 11 is 0. The molecule has 2 aromatic carbocycles. The van der Waals surface area contributed by atoms with E-state index in [1.807, 2.05) is 55.6 Å². The smallest absolute Gasteiger partial charge is 0.325 e. The molecule has 0 unspecified atom stereocenters. The van der Waals surface area contributed by atoms with Gasteiger partial charge in [0.2, 0.25) is 5.91 Å². The van der Waals surface area contributed by atoms with E-state index < -0.39 is 0 Å². The van der Waals surface area contributed by atoms with E-state index in [2.05, 4.69) is 16.4 Å². The largest absolute Gasteiger partial charge is 0.361 e. The molecule has 28 heavy (non-hydrogen) atoms. The first-order valence-electron chi connectivity index (χ1n) is 9.56. The molecule has 3 amide bonds. The van der Waals surface area contributed by atoms with Crippen LogP contribution in [0.2, 0.25) is 0 Å². The van der Waals surface area contributed by atoms with Gasteiger partial charge in [-0.25, -0.2) is 4.79 Å². The number of nitrogens with zero attached hydrogens (tertiary/aromatic N) is 2. The molecule has 2 N–H and O–H groups in total. The topological polar surface area (TPSA) is 68.4 Å². The van der Waals surface area contributed by atoms with Gasteiger partial charge in [-0.3, -0.25) is 9.69 Å². The molecule has 6 heteroatoms. The first-order chi connectivity index (χ1) is 13.6. The summed E-state index contributed by atoms with van der Waals surface area (Å²) < 4.78 is 0. The quantitative estimate of drug-likeness (QED) is 0.694. The summed E-state index contributed by atoms with van der Waals surface area (Å²) in [6.07, 6.45) is 2.74. The van der Waals surface area contributed by atoms with Crippen LogP contribution in [0, 0.1) is 6.92 Å². The fourth-order valence-electron chi connectivity index (χ4n) is 3.60. The van der Waals surface area contributed by atoms with Crippen molar-refractivity contribution in [2.45, 2.75) is 13.3 Å². The van der Waals surface area contributed by atoms with E-state index in [9.17, 15) is 9.59 Å². The molecule has 0 radical (unpaired) electrons. The van der Waals surface area contributed by atoms with Crippen LogP contribution in [0.4, 0.5) is 10.5 Å². The fraction of sp³-hybridized carbons (Fsp3) is 0.273. The lowest BCUT2D eigenvalue weighted by Gasteiger charge is -2.18. The van der Waals surface area contributed by atoms with E-state index in [4.69, 9.17) is 0 Å². The highest BCUT2D eigenvalue weighted by Crippen LogP contribution is 2.21. The van der Waals surface area contributed by atoms with E-state index in [0.29, 0.717) is 19.6 Å². The standard InChI is InChI=1S/C22H24N4O2/c1-16-6-8-18(9-7-16)26-13-12-25(22(26)28)15-21(27)23-11-10-17-14-24-20-5-3-2-4-19(17)20/h2-9,14,24H,10-13,15H2,1H3,(H,23,27). The second-order valence-electron chi connectivity index (χ2n) is 7.15. The lowest BCUT2D eigenvalue weighted by atomic mass is 10.1. The van der Waals surface area contributed by atoms with Crippen LogP contribution >= 0.6 is 0 Å². The van der Waals surface area contributed by atoms with Crippen LogP contribution in [0.15, 0.2) is 54.7 Å². The van der Waals surface area contributed by atoms with E-state index in [1.165, 1.54) is 10.9 Å². The Bertz CT molecular complexity index is 993. The maximum Gasteiger partial charge on any atom is 0.325 e. The van der Waals surface area contributed by atoms with Gasteiger partial charge in [-0.1, -0.05) is 35.9 Å².